The minimum Gasteiger partial charge on any atom is -0.350 e. The van der Waals surface area contributed by atoms with Crippen molar-refractivity contribution >= 4 is 35.0 Å². The Kier molecular flexibility index (Phi) is 7.50. The molecule has 0 aromatic heterocycles. The third-order valence-corrected chi connectivity index (χ3v) is 4.62. The van der Waals surface area contributed by atoms with Crippen LogP contribution in [0.5, 0.6) is 0 Å². The number of rotatable bonds is 6. The van der Waals surface area contributed by atoms with Crippen molar-refractivity contribution in [2.75, 3.05) is 0 Å². The highest BCUT2D eigenvalue weighted by Crippen LogP contribution is 2.18. The van der Waals surface area contributed by atoms with Crippen LogP contribution in [-0.4, -0.2) is 28.3 Å². The molecule has 0 saturated carbocycles. The Hall–Kier alpha value is -2.04. The third-order valence-electron chi connectivity index (χ3n) is 4.15. The molecule has 2 aromatic rings. The lowest BCUT2D eigenvalue weighted by Crippen LogP contribution is -2.52. The van der Waals surface area contributed by atoms with E-state index in [2.05, 4.69) is 5.32 Å². The van der Waals surface area contributed by atoms with Gasteiger partial charge in [0.25, 0.3) is 0 Å². The van der Waals surface area contributed by atoms with Crippen molar-refractivity contribution in [3.8, 4) is 0 Å². The second kappa shape index (κ2) is 9.44. The van der Waals surface area contributed by atoms with Gasteiger partial charge in [-0.3, -0.25) is 9.59 Å². The molecule has 0 aliphatic heterocycles. The Balaban J connectivity index is 2.26. The summed E-state index contributed by atoms with van der Waals surface area (Å²) < 4.78 is 0. The zero-order valence-electron chi connectivity index (χ0n) is 16.6. The number of nitrogens with zero attached hydrogens (tertiary/aromatic N) is 1. The Bertz CT molecular complexity index is 846. The molecule has 0 saturated heterocycles. The molecule has 0 aliphatic carbocycles. The molecule has 150 valence electrons. The van der Waals surface area contributed by atoms with Crippen molar-refractivity contribution in [1.29, 1.82) is 0 Å². The summed E-state index contributed by atoms with van der Waals surface area (Å²) in [6.07, 6.45) is 0.161. The van der Waals surface area contributed by atoms with Crippen molar-refractivity contribution in [3.63, 3.8) is 0 Å². The normalized spacial score (nSPS) is 12.4. The number of hydrogen-bond donors (Lipinski definition) is 1. The standard InChI is InChI=1S/C22H26Cl2N2O2/c1-15(21(28)25-22(2,3)4)26(14-17-8-6-10-19(24)12-17)20(27)13-16-7-5-9-18(23)11-16/h5-12,15H,13-14H2,1-4H3,(H,25,28)/t15-/m1/s1. The molecule has 0 unspecified atom stereocenters. The van der Waals surface area contributed by atoms with Crippen LogP contribution >= 0.6 is 23.2 Å². The first-order valence-electron chi connectivity index (χ1n) is 9.15. The third kappa shape index (κ3) is 6.84. The van der Waals surface area contributed by atoms with E-state index in [0.717, 1.165) is 11.1 Å². The van der Waals surface area contributed by atoms with E-state index in [1.54, 1.807) is 36.1 Å². The van der Waals surface area contributed by atoms with Crippen LogP contribution in [-0.2, 0) is 22.6 Å². The van der Waals surface area contributed by atoms with Gasteiger partial charge in [0.2, 0.25) is 11.8 Å². The van der Waals surface area contributed by atoms with E-state index < -0.39 is 6.04 Å². The Morgan fingerprint density at radius 1 is 1.00 bits per heavy atom. The van der Waals surface area contributed by atoms with Crippen LogP contribution in [0.15, 0.2) is 48.5 Å². The zero-order chi connectivity index (χ0) is 20.9. The number of carbonyl (C=O) groups excluding carboxylic acids is 2. The largest absolute Gasteiger partial charge is 0.350 e. The monoisotopic (exact) mass is 420 g/mol. The van der Waals surface area contributed by atoms with Gasteiger partial charge in [-0.25, -0.2) is 0 Å². The lowest BCUT2D eigenvalue weighted by Gasteiger charge is -2.31. The Morgan fingerprint density at radius 2 is 1.54 bits per heavy atom. The summed E-state index contributed by atoms with van der Waals surface area (Å²) in [4.78, 5) is 27.4. The number of benzene rings is 2. The lowest BCUT2D eigenvalue weighted by atomic mass is 10.1. The van der Waals surface area contributed by atoms with E-state index in [4.69, 9.17) is 23.2 Å². The number of nitrogens with one attached hydrogen (secondary N) is 1. The van der Waals surface area contributed by atoms with Crippen LogP contribution in [0.1, 0.15) is 38.8 Å². The van der Waals surface area contributed by atoms with Gasteiger partial charge in [0.1, 0.15) is 6.04 Å². The maximum Gasteiger partial charge on any atom is 0.242 e. The smallest absolute Gasteiger partial charge is 0.242 e. The summed E-state index contributed by atoms with van der Waals surface area (Å²) in [5, 5.41) is 4.11. The molecule has 2 amide bonds. The molecule has 0 bridgehead atoms. The molecule has 1 N–H and O–H groups in total. The van der Waals surface area contributed by atoms with E-state index >= 15 is 0 Å². The molecule has 0 heterocycles. The highest BCUT2D eigenvalue weighted by Gasteiger charge is 2.28. The molecule has 0 radical (unpaired) electrons. The molecule has 4 nitrogen and oxygen atoms in total. The average Bonchev–Trinajstić information content (AvgIpc) is 2.57. The van der Waals surface area contributed by atoms with Gasteiger partial charge in [-0.1, -0.05) is 47.5 Å². The first kappa shape index (κ1) is 22.3. The molecule has 2 rings (SSSR count). The van der Waals surface area contributed by atoms with Crippen LogP contribution < -0.4 is 5.32 Å². The van der Waals surface area contributed by atoms with Crippen molar-refractivity contribution < 1.29 is 9.59 Å². The van der Waals surface area contributed by atoms with Gasteiger partial charge in [0.15, 0.2) is 0 Å². The molecule has 28 heavy (non-hydrogen) atoms. The summed E-state index contributed by atoms with van der Waals surface area (Å²) in [6, 6.07) is 13.8. The van der Waals surface area contributed by atoms with Crippen molar-refractivity contribution in [2.45, 2.75) is 52.2 Å². The van der Waals surface area contributed by atoms with Crippen molar-refractivity contribution in [1.82, 2.24) is 10.2 Å². The van der Waals surface area contributed by atoms with Crippen LogP contribution in [0.25, 0.3) is 0 Å². The van der Waals surface area contributed by atoms with E-state index in [1.165, 1.54) is 0 Å². The van der Waals surface area contributed by atoms with Gasteiger partial charge in [0, 0.05) is 22.1 Å². The second-order valence-electron chi connectivity index (χ2n) is 7.87. The SMILES string of the molecule is C[C@H](C(=O)NC(C)(C)C)N(Cc1cccc(Cl)c1)C(=O)Cc1cccc(Cl)c1. The van der Waals surface area contributed by atoms with E-state index in [-0.39, 0.29) is 23.8 Å². The molecule has 0 aliphatic rings. The first-order valence-corrected chi connectivity index (χ1v) is 9.91. The van der Waals surface area contributed by atoms with Gasteiger partial charge in [-0.15, -0.1) is 0 Å². The second-order valence-corrected chi connectivity index (χ2v) is 8.75. The van der Waals surface area contributed by atoms with Crippen LogP contribution in [0.2, 0.25) is 10.0 Å². The molecular weight excluding hydrogens is 395 g/mol. The summed E-state index contributed by atoms with van der Waals surface area (Å²) in [5.41, 5.74) is 1.28. The van der Waals surface area contributed by atoms with Gasteiger partial charge in [-0.2, -0.15) is 0 Å². The average molecular weight is 421 g/mol. The van der Waals surface area contributed by atoms with Crippen molar-refractivity contribution in [2.24, 2.45) is 0 Å². The minimum atomic E-state index is -0.634. The quantitative estimate of drug-likeness (QED) is 0.724. The van der Waals surface area contributed by atoms with Gasteiger partial charge in [0.05, 0.1) is 6.42 Å². The fourth-order valence-corrected chi connectivity index (χ4v) is 3.24. The molecule has 0 fully saturated rings. The topological polar surface area (TPSA) is 49.4 Å². The first-order chi connectivity index (χ1) is 13.0. The number of carbonyl (C=O) groups is 2. The summed E-state index contributed by atoms with van der Waals surface area (Å²) in [6.45, 7) is 7.76. The highest BCUT2D eigenvalue weighted by molar-refractivity contribution is 6.30. The molecule has 2 aromatic carbocycles. The lowest BCUT2D eigenvalue weighted by molar-refractivity contribution is -0.140. The summed E-state index contributed by atoms with van der Waals surface area (Å²) >= 11 is 12.1. The van der Waals surface area contributed by atoms with Crippen molar-refractivity contribution in [3.05, 3.63) is 69.7 Å². The zero-order valence-corrected chi connectivity index (χ0v) is 18.1. The molecular formula is C22H26Cl2N2O2. The summed E-state index contributed by atoms with van der Waals surface area (Å²) in [5.74, 6) is -0.354. The maximum atomic E-state index is 13.1. The predicted octanol–water partition coefficient (Wildman–Crippen LogP) is 4.87. The Labute approximate surface area is 176 Å². The highest BCUT2D eigenvalue weighted by atomic mass is 35.5. The van der Waals surface area contributed by atoms with Crippen LogP contribution in [0.3, 0.4) is 0 Å². The van der Waals surface area contributed by atoms with Gasteiger partial charge in [-0.05, 0) is 63.1 Å². The fourth-order valence-electron chi connectivity index (χ4n) is 2.81. The van der Waals surface area contributed by atoms with E-state index in [1.807, 2.05) is 45.0 Å². The van der Waals surface area contributed by atoms with Crippen LogP contribution in [0.4, 0.5) is 0 Å². The molecule has 6 heteroatoms. The van der Waals surface area contributed by atoms with E-state index in [9.17, 15) is 9.59 Å². The van der Waals surface area contributed by atoms with Gasteiger partial charge >= 0.3 is 0 Å². The summed E-state index contributed by atoms with van der Waals surface area (Å²) in [7, 11) is 0. The van der Waals surface area contributed by atoms with Gasteiger partial charge < -0.3 is 10.2 Å². The minimum absolute atomic E-state index is 0.154. The predicted molar refractivity (Wildman–Crippen MR) is 115 cm³/mol. The number of amides is 2. The number of hydrogen-bond acceptors (Lipinski definition) is 2. The molecule has 1 atom stereocenters. The molecule has 0 spiro atoms. The van der Waals surface area contributed by atoms with Crippen LogP contribution in [0, 0.1) is 0 Å². The fraction of sp³-hybridized carbons (Fsp3) is 0.364. The Morgan fingerprint density at radius 3 is 2.07 bits per heavy atom. The maximum absolute atomic E-state index is 13.1. The number of halogens is 2. The van der Waals surface area contributed by atoms with E-state index in [0.29, 0.717) is 16.6 Å².